The molecular weight excluding hydrogens is 329 g/mol. The van der Waals surface area contributed by atoms with E-state index in [2.05, 4.69) is 11.4 Å². The van der Waals surface area contributed by atoms with Crippen LogP contribution in [0.1, 0.15) is 62.5 Å². The number of amides is 1. The number of benzene rings is 1. The zero-order chi connectivity index (χ0) is 18.4. The molecule has 6 heteroatoms. The predicted octanol–water partition coefficient (Wildman–Crippen LogP) is 4.79. The van der Waals surface area contributed by atoms with Crippen molar-refractivity contribution in [3.63, 3.8) is 0 Å². The Kier molecular flexibility index (Phi) is 6.46. The van der Waals surface area contributed by atoms with Crippen LogP contribution in [0.25, 0.3) is 0 Å². The molecule has 1 aliphatic carbocycles. The van der Waals surface area contributed by atoms with Gasteiger partial charge in [0.2, 0.25) is 5.91 Å². The molecule has 1 aromatic carbocycles. The number of nitrogens with one attached hydrogen (secondary N) is 1. The van der Waals surface area contributed by atoms with Crippen molar-refractivity contribution in [2.45, 2.75) is 63.6 Å². The first-order valence-corrected chi connectivity index (χ1v) is 8.67. The van der Waals surface area contributed by atoms with Crippen molar-refractivity contribution in [1.29, 1.82) is 5.26 Å². The molecule has 0 saturated heterocycles. The molecule has 0 heterocycles. The second kappa shape index (κ2) is 8.37. The fraction of sp³-hybridized carbons (Fsp3) is 0.579. The van der Waals surface area contributed by atoms with Crippen molar-refractivity contribution in [2.24, 2.45) is 5.92 Å². The summed E-state index contributed by atoms with van der Waals surface area (Å²) in [5.74, 6) is -0.471. The molecule has 136 valence electrons. The molecule has 3 nitrogen and oxygen atoms in total. The summed E-state index contributed by atoms with van der Waals surface area (Å²) in [7, 11) is 0. The lowest BCUT2D eigenvalue weighted by Gasteiger charge is -2.26. The summed E-state index contributed by atoms with van der Waals surface area (Å²) >= 11 is 0. The largest absolute Gasteiger partial charge is 0.416 e. The average Bonchev–Trinajstić information content (AvgIpc) is 2.59. The first-order chi connectivity index (χ1) is 11.8. The topological polar surface area (TPSA) is 52.9 Å². The zero-order valence-electron chi connectivity index (χ0n) is 14.3. The number of carbonyl (C=O) groups excluding carboxylic acids is 1. The Hall–Kier alpha value is -2.03. The van der Waals surface area contributed by atoms with Crippen molar-refractivity contribution in [1.82, 2.24) is 5.32 Å². The zero-order valence-corrected chi connectivity index (χ0v) is 14.3. The highest BCUT2D eigenvalue weighted by Gasteiger charge is 2.31. The summed E-state index contributed by atoms with van der Waals surface area (Å²) in [4.78, 5) is 12.2. The molecule has 2 atom stereocenters. The summed E-state index contributed by atoms with van der Waals surface area (Å²) in [6.07, 6.45) is 0.828. The van der Waals surface area contributed by atoms with Crippen LogP contribution < -0.4 is 5.32 Å². The van der Waals surface area contributed by atoms with Gasteiger partial charge in [0.15, 0.2) is 0 Å². The predicted molar refractivity (Wildman–Crippen MR) is 88.6 cm³/mol. The highest BCUT2D eigenvalue weighted by atomic mass is 19.4. The molecule has 2 rings (SSSR count). The SMILES string of the molecule is C[C@@H](CC(=O)N[C@@H](C#N)C1CCCCC1)c1cccc(C(F)(F)F)c1. The lowest BCUT2D eigenvalue weighted by Crippen LogP contribution is -2.40. The molecule has 1 fully saturated rings. The van der Waals surface area contributed by atoms with Gasteiger partial charge in [0.1, 0.15) is 6.04 Å². The van der Waals surface area contributed by atoms with E-state index < -0.39 is 17.8 Å². The molecule has 1 saturated carbocycles. The summed E-state index contributed by atoms with van der Waals surface area (Å²) in [5, 5.41) is 12.1. The summed E-state index contributed by atoms with van der Waals surface area (Å²) in [5.41, 5.74) is -0.245. The smallest absolute Gasteiger partial charge is 0.340 e. The van der Waals surface area contributed by atoms with E-state index in [9.17, 15) is 23.2 Å². The van der Waals surface area contributed by atoms with Gasteiger partial charge in [0.05, 0.1) is 11.6 Å². The first-order valence-electron chi connectivity index (χ1n) is 8.67. The lowest BCUT2D eigenvalue weighted by atomic mass is 9.84. The van der Waals surface area contributed by atoms with E-state index in [1.165, 1.54) is 6.07 Å². The van der Waals surface area contributed by atoms with Crippen molar-refractivity contribution in [3.05, 3.63) is 35.4 Å². The van der Waals surface area contributed by atoms with Crippen LogP contribution >= 0.6 is 0 Å². The Morgan fingerprint density at radius 1 is 1.32 bits per heavy atom. The maximum Gasteiger partial charge on any atom is 0.416 e. The summed E-state index contributed by atoms with van der Waals surface area (Å²) < 4.78 is 38.4. The molecule has 1 aromatic rings. The third-order valence-electron chi connectivity index (χ3n) is 4.85. The first kappa shape index (κ1) is 19.3. The molecule has 1 N–H and O–H groups in total. The third-order valence-corrected chi connectivity index (χ3v) is 4.85. The van der Waals surface area contributed by atoms with Gasteiger partial charge in [-0.25, -0.2) is 0 Å². The summed E-state index contributed by atoms with van der Waals surface area (Å²) in [6, 6.07) is 6.70. The highest BCUT2D eigenvalue weighted by molar-refractivity contribution is 5.77. The molecule has 0 aliphatic heterocycles. The minimum atomic E-state index is -4.40. The van der Waals surface area contributed by atoms with E-state index >= 15 is 0 Å². The maximum atomic E-state index is 12.8. The van der Waals surface area contributed by atoms with E-state index in [-0.39, 0.29) is 24.2 Å². The van der Waals surface area contributed by atoms with E-state index in [0.29, 0.717) is 5.56 Å². The molecule has 0 unspecified atom stereocenters. The number of nitriles is 1. The van der Waals surface area contributed by atoms with Gasteiger partial charge in [-0.3, -0.25) is 4.79 Å². The monoisotopic (exact) mass is 352 g/mol. The Morgan fingerprint density at radius 2 is 2.00 bits per heavy atom. The number of rotatable bonds is 5. The Balaban J connectivity index is 1.96. The van der Waals surface area contributed by atoms with Crippen LogP contribution in [0, 0.1) is 17.2 Å². The minimum absolute atomic E-state index is 0.0617. The second-order valence-corrected chi connectivity index (χ2v) is 6.80. The number of halogens is 3. The third kappa shape index (κ3) is 5.48. The van der Waals surface area contributed by atoms with Crippen LogP contribution in [0.15, 0.2) is 24.3 Å². The molecule has 0 spiro atoms. The van der Waals surface area contributed by atoms with E-state index in [1.807, 2.05) is 0 Å². The fourth-order valence-corrected chi connectivity index (χ4v) is 3.37. The highest BCUT2D eigenvalue weighted by Crippen LogP contribution is 2.32. The lowest BCUT2D eigenvalue weighted by molar-refractivity contribution is -0.137. The van der Waals surface area contributed by atoms with Gasteiger partial charge in [0.25, 0.3) is 0 Å². The molecule has 1 aliphatic rings. The second-order valence-electron chi connectivity index (χ2n) is 6.80. The van der Waals surface area contributed by atoms with E-state index in [0.717, 1.165) is 44.2 Å². The Labute approximate surface area is 146 Å². The van der Waals surface area contributed by atoms with Crippen molar-refractivity contribution in [3.8, 4) is 6.07 Å². The van der Waals surface area contributed by atoms with Crippen LogP contribution in [0.3, 0.4) is 0 Å². The quantitative estimate of drug-likeness (QED) is 0.828. The number of alkyl halides is 3. The number of carbonyl (C=O) groups is 1. The van der Waals surface area contributed by atoms with Gasteiger partial charge in [-0.05, 0) is 36.3 Å². The maximum absolute atomic E-state index is 12.8. The van der Waals surface area contributed by atoms with Gasteiger partial charge in [-0.2, -0.15) is 18.4 Å². The number of hydrogen-bond acceptors (Lipinski definition) is 2. The van der Waals surface area contributed by atoms with Gasteiger partial charge in [-0.15, -0.1) is 0 Å². The molecule has 0 aromatic heterocycles. The molecule has 0 bridgehead atoms. The Morgan fingerprint density at radius 3 is 2.60 bits per heavy atom. The van der Waals surface area contributed by atoms with E-state index in [1.54, 1.807) is 13.0 Å². The van der Waals surface area contributed by atoms with Gasteiger partial charge in [0, 0.05) is 6.42 Å². The van der Waals surface area contributed by atoms with Crippen molar-refractivity contribution in [2.75, 3.05) is 0 Å². The normalized spacial score (nSPS) is 18.2. The number of nitrogens with zero attached hydrogens (tertiary/aromatic N) is 1. The van der Waals surface area contributed by atoms with Gasteiger partial charge >= 0.3 is 6.18 Å². The fourth-order valence-electron chi connectivity index (χ4n) is 3.37. The molecule has 0 radical (unpaired) electrons. The Bertz CT molecular complexity index is 630. The van der Waals surface area contributed by atoms with Crippen LogP contribution in [0.2, 0.25) is 0 Å². The van der Waals surface area contributed by atoms with Crippen LogP contribution in [0.4, 0.5) is 13.2 Å². The summed E-state index contributed by atoms with van der Waals surface area (Å²) in [6.45, 7) is 1.72. The average molecular weight is 352 g/mol. The molecule has 1 amide bonds. The van der Waals surface area contributed by atoms with E-state index in [4.69, 9.17) is 0 Å². The van der Waals surface area contributed by atoms with Crippen LogP contribution in [0.5, 0.6) is 0 Å². The molecular formula is C19H23F3N2O. The molecule has 25 heavy (non-hydrogen) atoms. The van der Waals surface area contributed by atoms with Crippen LogP contribution in [-0.4, -0.2) is 11.9 Å². The standard InChI is InChI=1S/C19H23F3N2O/c1-13(15-8-5-9-16(11-15)19(20,21)22)10-18(25)24-17(12-23)14-6-3-2-4-7-14/h5,8-9,11,13-14,17H,2-4,6-7,10H2,1H3,(H,24,25)/t13-,17-/m0/s1. The number of hydrogen-bond donors (Lipinski definition) is 1. The minimum Gasteiger partial charge on any atom is -0.340 e. The van der Waals surface area contributed by atoms with Gasteiger partial charge < -0.3 is 5.32 Å². The van der Waals surface area contributed by atoms with Crippen LogP contribution in [-0.2, 0) is 11.0 Å². The van der Waals surface area contributed by atoms with Gasteiger partial charge in [-0.1, -0.05) is 44.4 Å². The van der Waals surface area contributed by atoms with Crippen molar-refractivity contribution < 1.29 is 18.0 Å². The van der Waals surface area contributed by atoms with Crippen molar-refractivity contribution >= 4 is 5.91 Å².